The van der Waals surface area contributed by atoms with E-state index in [-0.39, 0.29) is 5.41 Å². The molecule has 2 N–H and O–H groups in total. The lowest BCUT2D eigenvalue weighted by Crippen LogP contribution is -2.84. The summed E-state index contributed by atoms with van der Waals surface area (Å²) < 4.78 is 5.95. The van der Waals surface area contributed by atoms with Crippen molar-refractivity contribution >= 4 is 0 Å². The van der Waals surface area contributed by atoms with Crippen LogP contribution in [0.4, 0.5) is 0 Å². The minimum absolute atomic E-state index is 0.143. The van der Waals surface area contributed by atoms with Crippen LogP contribution in [0.2, 0.25) is 0 Å². The van der Waals surface area contributed by atoms with Crippen molar-refractivity contribution in [2.75, 3.05) is 19.7 Å². The molecule has 1 aromatic carbocycles. The van der Waals surface area contributed by atoms with Crippen molar-refractivity contribution in [1.82, 2.24) is 0 Å². The molecule has 0 amide bonds. The predicted molar refractivity (Wildman–Crippen MR) is 81.8 cm³/mol. The number of benzene rings is 1. The van der Waals surface area contributed by atoms with Gasteiger partial charge in [-0.25, -0.2) is 0 Å². The summed E-state index contributed by atoms with van der Waals surface area (Å²) in [5.74, 6) is 1.04. The summed E-state index contributed by atoms with van der Waals surface area (Å²) in [4.78, 5) is 0. The van der Waals surface area contributed by atoms with E-state index in [2.05, 4.69) is 57.3 Å². The zero-order valence-corrected chi connectivity index (χ0v) is 13.0. The molecule has 0 heterocycles. The fourth-order valence-electron chi connectivity index (χ4n) is 2.11. The Morgan fingerprint density at radius 1 is 1.05 bits per heavy atom. The van der Waals surface area contributed by atoms with Crippen LogP contribution in [0, 0.1) is 0 Å². The number of ether oxygens (including phenoxy) is 1. The van der Waals surface area contributed by atoms with Crippen molar-refractivity contribution in [3.05, 3.63) is 29.8 Å². The monoisotopic (exact) mass is 264 g/mol. The second kappa shape index (κ2) is 8.21. The van der Waals surface area contributed by atoms with E-state index in [1.807, 2.05) is 0 Å². The number of rotatable bonds is 8. The number of unbranched alkanes of at least 4 members (excludes halogenated alkanes) is 1. The lowest BCUT2D eigenvalue weighted by Gasteiger charge is -2.22. The van der Waals surface area contributed by atoms with E-state index in [0.29, 0.717) is 0 Å². The van der Waals surface area contributed by atoms with Crippen molar-refractivity contribution in [2.45, 2.75) is 52.4 Å². The first-order chi connectivity index (χ1) is 9.05. The molecule has 0 saturated carbocycles. The average molecular weight is 264 g/mol. The van der Waals surface area contributed by atoms with E-state index in [1.54, 1.807) is 0 Å². The van der Waals surface area contributed by atoms with E-state index in [0.717, 1.165) is 25.3 Å². The number of hydrogen-bond acceptors (Lipinski definition) is 1. The molecule has 0 bridgehead atoms. The molecule has 1 aromatic rings. The topological polar surface area (TPSA) is 25.8 Å². The van der Waals surface area contributed by atoms with Gasteiger partial charge < -0.3 is 10.1 Å². The maximum atomic E-state index is 5.95. The van der Waals surface area contributed by atoms with E-state index in [4.69, 9.17) is 4.74 Å². The highest BCUT2D eigenvalue weighted by Crippen LogP contribution is 2.30. The SMILES string of the molecule is CCCC[NH2+]CCCOc1ccccc1C(C)(C)C. The molecular formula is C17H30NO+. The average Bonchev–Trinajstić information content (AvgIpc) is 2.37. The van der Waals surface area contributed by atoms with Crippen molar-refractivity contribution in [2.24, 2.45) is 0 Å². The Balaban J connectivity index is 2.33. The Labute approximate surface area is 118 Å². The molecular weight excluding hydrogens is 234 g/mol. The normalized spacial score (nSPS) is 11.6. The Morgan fingerprint density at radius 3 is 2.42 bits per heavy atom. The van der Waals surface area contributed by atoms with Gasteiger partial charge in [0, 0.05) is 6.42 Å². The molecule has 0 fully saturated rings. The highest BCUT2D eigenvalue weighted by atomic mass is 16.5. The van der Waals surface area contributed by atoms with Gasteiger partial charge >= 0.3 is 0 Å². The lowest BCUT2D eigenvalue weighted by atomic mass is 9.86. The first-order valence-corrected chi connectivity index (χ1v) is 7.59. The van der Waals surface area contributed by atoms with Gasteiger partial charge in [0.2, 0.25) is 0 Å². The van der Waals surface area contributed by atoms with E-state index in [1.165, 1.54) is 24.9 Å². The number of quaternary nitrogens is 1. The zero-order valence-electron chi connectivity index (χ0n) is 13.0. The standard InChI is InChI=1S/C17H29NO/c1-5-6-12-18-13-9-14-19-16-11-8-7-10-15(16)17(2,3)4/h7-8,10-11,18H,5-6,9,12-14H2,1-4H3/p+1. The fourth-order valence-corrected chi connectivity index (χ4v) is 2.11. The quantitative estimate of drug-likeness (QED) is 0.717. The molecule has 2 heteroatoms. The maximum Gasteiger partial charge on any atom is 0.123 e. The fraction of sp³-hybridized carbons (Fsp3) is 0.647. The minimum atomic E-state index is 0.143. The number of nitrogens with two attached hydrogens (primary N) is 1. The predicted octanol–water partition coefficient (Wildman–Crippen LogP) is 3.12. The van der Waals surface area contributed by atoms with Crippen LogP contribution in [-0.2, 0) is 5.41 Å². The third-order valence-electron chi connectivity index (χ3n) is 3.27. The Hall–Kier alpha value is -1.02. The molecule has 19 heavy (non-hydrogen) atoms. The smallest absolute Gasteiger partial charge is 0.123 e. The van der Waals surface area contributed by atoms with Crippen molar-refractivity contribution in [3.63, 3.8) is 0 Å². The van der Waals surface area contributed by atoms with Gasteiger partial charge in [-0.2, -0.15) is 0 Å². The lowest BCUT2D eigenvalue weighted by molar-refractivity contribution is -0.655. The van der Waals surface area contributed by atoms with Crippen molar-refractivity contribution < 1.29 is 10.1 Å². The van der Waals surface area contributed by atoms with Crippen molar-refractivity contribution in [3.8, 4) is 5.75 Å². The van der Waals surface area contributed by atoms with Crippen LogP contribution in [0.3, 0.4) is 0 Å². The van der Waals surface area contributed by atoms with Crippen LogP contribution >= 0.6 is 0 Å². The van der Waals surface area contributed by atoms with Gasteiger partial charge in [0.25, 0.3) is 0 Å². The van der Waals surface area contributed by atoms with Crippen LogP contribution in [0.25, 0.3) is 0 Å². The molecule has 1 rings (SSSR count). The number of para-hydroxylation sites is 1. The Kier molecular flexibility index (Phi) is 6.93. The van der Waals surface area contributed by atoms with Gasteiger partial charge in [0.1, 0.15) is 5.75 Å². The summed E-state index contributed by atoms with van der Waals surface area (Å²) in [6.45, 7) is 12.2. The van der Waals surface area contributed by atoms with Crippen LogP contribution in [0.1, 0.15) is 52.5 Å². The minimum Gasteiger partial charge on any atom is -0.493 e. The second-order valence-electron chi connectivity index (χ2n) is 6.17. The maximum absolute atomic E-state index is 5.95. The third kappa shape index (κ3) is 6.11. The van der Waals surface area contributed by atoms with Crippen LogP contribution in [-0.4, -0.2) is 19.7 Å². The first kappa shape index (κ1) is 16.0. The highest BCUT2D eigenvalue weighted by molar-refractivity contribution is 5.38. The van der Waals surface area contributed by atoms with E-state index in [9.17, 15) is 0 Å². The van der Waals surface area contributed by atoms with Gasteiger partial charge in [-0.15, -0.1) is 0 Å². The molecule has 0 aliphatic heterocycles. The highest BCUT2D eigenvalue weighted by Gasteiger charge is 2.18. The van der Waals surface area contributed by atoms with Gasteiger partial charge in [-0.05, 0) is 23.5 Å². The molecule has 0 unspecified atom stereocenters. The summed E-state index contributed by atoms with van der Waals surface area (Å²) in [5.41, 5.74) is 1.44. The van der Waals surface area contributed by atoms with Crippen molar-refractivity contribution in [1.29, 1.82) is 0 Å². The Morgan fingerprint density at radius 2 is 1.74 bits per heavy atom. The summed E-state index contributed by atoms with van der Waals surface area (Å²) >= 11 is 0. The first-order valence-electron chi connectivity index (χ1n) is 7.59. The molecule has 0 aromatic heterocycles. The van der Waals surface area contributed by atoms with Crippen LogP contribution < -0.4 is 10.1 Å². The second-order valence-corrected chi connectivity index (χ2v) is 6.17. The molecule has 2 nitrogen and oxygen atoms in total. The van der Waals surface area contributed by atoms with Crippen LogP contribution in [0.15, 0.2) is 24.3 Å². The molecule has 0 saturated heterocycles. The summed E-state index contributed by atoms with van der Waals surface area (Å²) in [6, 6.07) is 8.40. The molecule has 0 spiro atoms. The summed E-state index contributed by atoms with van der Waals surface area (Å²) in [7, 11) is 0. The molecule has 108 valence electrons. The summed E-state index contributed by atoms with van der Waals surface area (Å²) in [5, 5.41) is 2.39. The molecule has 0 aliphatic carbocycles. The van der Waals surface area contributed by atoms with Gasteiger partial charge in [0.15, 0.2) is 0 Å². The zero-order chi connectivity index (χ0) is 14.1. The Bertz CT molecular complexity index is 355. The van der Waals surface area contributed by atoms with Gasteiger partial charge in [0.05, 0.1) is 19.7 Å². The van der Waals surface area contributed by atoms with Crippen LogP contribution in [0.5, 0.6) is 5.75 Å². The van der Waals surface area contributed by atoms with E-state index >= 15 is 0 Å². The summed E-state index contributed by atoms with van der Waals surface area (Å²) in [6.07, 6.45) is 3.71. The van der Waals surface area contributed by atoms with Gasteiger partial charge in [-0.3, -0.25) is 0 Å². The molecule has 0 aliphatic rings. The largest absolute Gasteiger partial charge is 0.493 e. The molecule has 0 atom stereocenters. The van der Waals surface area contributed by atoms with E-state index < -0.39 is 0 Å². The van der Waals surface area contributed by atoms with Gasteiger partial charge in [-0.1, -0.05) is 52.3 Å². The third-order valence-corrected chi connectivity index (χ3v) is 3.27. The number of hydrogen-bond donors (Lipinski definition) is 1. The molecule has 0 radical (unpaired) electrons.